The van der Waals surface area contributed by atoms with E-state index < -0.39 is 0 Å². The van der Waals surface area contributed by atoms with E-state index in [2.05, 4.69) is 15.9 Å². The Kier molecular flexibility index (Phi) is 3.27. The van der Waals surface area contributed by atoms with Crippen LogP contribution >= 0.6 is 27.5 Å². The summed E-state index contributed by atoms with van der Waals surface area (Å²) in [6.45, 7) is 0. The lowest BCUT2D eigenvalue weighted by molar-refractivity contribution is 0.103. The minimum atomic E-state index is 0.0990. The topological polar surface area (TPSA) is 17.1 Å². The van der Waals surface area contributed by atoms with Crippen LogP contribution in [-0.4, -0.2) is 5.78 Å². The number of benzene rings is 1. The number of halogens is 2. The van der Waals surface area contributed by atoms with Gasteiger partial charge in [-0.2, -0.15) is 0 Å². The fraction of sp³-hybridized carbons (Fsp3) is 0.250. The third-order valence-electron chi connectivity index (χ3n) is 2.51. The third-order valence-corrected chi connectivity index (χ3v) is 3.43. The highest BCUT2D eigenvalue weighted by Gasteiger charge is 2.17. The van der Waals surface area contributed by atoms with Crippen LogP contribution < -0.4 is 0 Å². The van der Waals surface area contributed by atoms with Crippen molar-refractivity contribution in [3.63, 3.8) is 0 Å². The van der Waals surface area contributed by atoms with Crippen molar-refractivity contribution in [1.29, 1.82) is 0 Å². The SMILES string of the molecule is O=C(C1=CCCC1)c1cc(Cl)ccc1Br. The van der Waals surface area contributed by atoms with E-state index in [4.69, 9.17) is 11.6 Å². The lowest BCUT2D eigenvalue weighted by atomic mass is 10.0. The Morgan fingerprint density at radius 3 is 2.87 bits per heavy atom. The molecule has 1 nitrogen and oxygen atoms in total. The van der Waals surface area contributed by atoms with Gasteiger partial charge in [0.2, 0.25) is 0 Å². The van der Waals surface area contributed by atoms with E-state index >= 15 is 0 Å². The van der Waals surface area contributed by atoms with E-state index in [-0.39, 0.29) is 5.78 Å². The summed E-state index contributed by atoms with van der Waals surface area (Å²) in [4.78, 5) is 12.1. The average Bonchev–Trinajstić information content (AvgIpc) is 2.74. The van der Waals surface area contributed by atoms with Gasteiger partial charge in [-0.25, -0.2) is 0 Å². The Morgan fingerprint density at radius 1 is 1.40 bits per heavy atom. The van der Waals surface area contributed by atoms with E-state index in [1.54, 1.807) is 12.1 Å². The molecule has 0 saturated carbocycles. The van der Waals surface area contributed by atoms with Gasteiger partial charge in [-0.1, -0.05) is 33.6 Å². The first kappa shape index (κ1) is 10.9. The molecule has 0 fully saturated rings. The lowest BCUT2D eigenvalue weighted by Crippen LogP contribution is -2.02. The van der Waals surface area contributed by atoms with Gasteiger partial charge in [0.1, 0.15) is 0 Å². The van der Waals surface area contributed by atoms with Crippen molar-refractivity contribution in [2.75, 3.05) is 0 Å². The first-order chi connectivity index (χ1) is 7.18. The van der Waals surface area contributed by atoms with Gasteiger partial charge >= 0.3 is 0 Å². The Morgan fingerprint density at radius 2 is 2.20 bits per heavy atom. The molecule has 0 radical (unpaired) electrons. The fourth-order valence-corrected chi connectivity index (χ4v) is 2.32. The fourth-order valence-electron chi connectivity index (χ4n) is 1.72. The molecule has 0 heterocycles. The number of Topliss-reactive ketones (excluding diaryl/α,β-unsaturated/α-hetero) is 1. The number of carbonyl (C=O) groups is 1. The maximum Gasteiger partial charge on any atom is 0.189 e. The molecule has 0 aliphatic heterocycles. The summed E-state index contributed by atoms with van der Waals surface area (Å²) >= 11 is 9.25. The second kappa shape index (κ2) is 4.50. The van der Waals surface area contributed by atoms with Crippen LogP contribution in [-0.2, 0) is 0 Å². The summed E-state index contributed by atoms with van der Waals surface area (Å²) in [7, 11) is 0. The predicted octanol–water partition coefficient (Wildman–Crippen LogP) is 4.40. The van der Waals surface area contributed by atoms with Crippen molar-refractivity contribution in [2.24, 2.45) is 0 Å². The molecule has 2 rings (SSSR count). The summed E-state index contributed by atoms with van der Waals surface area (Å²) in [5.41, 5.74) is 1.58. The quantitative estimate of drug-likeness (QED) is 0.736. The van der Waals surface area contributed by atoms with Gasteiger partial charge in [-0.05, 0) is 43.0 Å². The summed E-state index contributed by atoms with van der Waals surface area (Å²) in [6.07, 6.45) is 5.01. The molecule has 0 aromatic heterocycles. The first-order valence-corrected chi connectivity index (χ1v) is 6.04. The van der Waals surface area contributed by atoms with Crippen molar-refractivity contribution >= 4 is 33.3 Å². The number of hydrogen-bond donors (Lipinski definition) is 0. The minimum Gasteiger partial charge on any atom is -0.289 e. The number of allylic oxidation sites excluding steroid dienone is 2. The van der Waals surface area contributed by atoms with Crippen LogP contribution in [0, 0.1) is 0 Å². The van der Waals surface area contributed by atoms with E-state index in [1.165, 1.54) is 0 Å². The van der Waals surface area contributed by atoms with Crippen LogP contribution in [0.15, 0.2) is 34.3 Å². The summed E-state index contributed by atoms with van der Waals surface area (Å²) in [6, 6.07) is 5.30. The molecular weight excluding hydrogens is 275 g/mol. The van der Waals surface area contributed by atoms with Crippen molar-refractivity contribution < 1.29 is 4.79 Å². The monoisotopic (exact) mass is 284 g/mol. The van der Waals surface area contributed by atoms with E-state index in [9.17, 15) is 4.79 Å². The van der Waals surface area contributed by atoms with Crippen LogP contribution in [0.5, 0.6) is 0 Å². The number of ketones is 1. The summed E-state index contributed by atoms with van der Waals surface area (Å²) in [5.74, 6) is 0.0990. The smallest absolute Gasteiger partial charge is 0.189 e. The Bertz CT molecular complexity index is 437. The average molecular weight is 286 g/mol. The molecule has 1 aromatic carbocycles. The molecule has 1 aliphatic rings. The molecule has 0 unspecified atom stereocenters. The summed E-state index contributed by atoms with van der Waals surface area (Å²) < 4.78 is 0.810. The normalized spacial score (nSPS) is 15.2. The lowest BCUT2D eigenvalue weighted by Gasteiger charge is -2.04. The minimum absolute atomic E-state index is 0.0990. The molecule has 0 bridgehead atoms. The van der Waals surface area contributed by atoms with Gasteiger partial charge in [0.05, 0.1) is 0 Å². The Labute approximate surface area is 102 Å². The van der Waals surface area contributed by atoms with Crippen molar-refractivity contribution in [2.45, 2.75) is 19.3 Å². The molecule has 78 valence electrons. The van der Waals surface area contributed by atoms with Gasteiger partial charge in [0.25, 0.3) is 0 Å². The van der Waals surface area contributed by atoms with Crippen molar-refractivity contribution in [3.05, 3.63) is 44.9 Å². The van der Waals surface area contributed by atoms with Gasteiger partial charge in [0.15, 0.2) is 5.78 Å². The zero-order chi connectivity index (χ0) is 10.8. The standard InChI is InChI=1S/C12H10BrClO/c13-11-6-5-9(14)7-10(11)12(15)8-3-1-2-4-8/h3,5-7H,1-2,4H2. The summed E-state index contributed by atoms with van der Waals surface area (Å²) in [5, 5.41) is 0.597. The molecule has 1 aromatic rings. The van der Waals surface area contributed by atoms with Gasteiger partial charge in [-0.15, -0.1) is 0 Å². The van der Waals surface area contributed by atoms with Crippen molar-refractivity contribution in [3.8, 4) is 0 Å². The molecule has 0 saturated heterocycles. The van der Waals surface area contributed by atoms with Gasteiger partial charge < -0.3 is 0 Å². The van der Waals surface area contributed by atoms with Gasteiger partial charge in [-0.3, -0.25) is 4.79 Å². The zero-order valence-corrected chi connectivity index (χ0v) is 10.4. The Balaban J connectivity index is 2.36. The highest BCUT2D eigenvalue weighted by Crippen LogP contribution is 2.27. The molecule has 1 aliphatic carbocycles. The molecule has 0 atom stereocenters. The number of carbonyl (C=O) groups excluding carboxylic acids is 1. The number of rotatable bonds is 2. The molecule has 0 N–H and O–H groups in total. The zero-order valence-electron chi connectivity index (χ0n) is 8.09. The third kappa shape index (κ3) is 2.32. The largest absolute Gasteiger partial charge is 0.289 e. The molecule has 0 spiro atoms. The van der Waals surface area contributed by atoms with E-state index in [1.807, 2.05) is 12.1 Å². The maximum atomic E-state index is 12.1. The second-order valence-corrected chi connectivity index (χ2v) is 4.87. The van der Waals surface area contributed by atoms with Crippen LogP contribution in [0.3, 0.4) is 0 Å². The highest BCUT2D eigenvalue weighted by molar-refractivity contribution is 9.10. The second-order valence-electron chi connectivity index (χ2n) is 3.57. The van der Waals surface area contributed by atoms with Crippen molar-refractivity contribution in [1.82, 2.24) is 0 Å². The van der Waals surface area contributed by atoms with Gasteiger partial charge in [0, 0.05) is 15.1 Å². The molecular formula is C12H10BrClO. The highest BCUT2D eigenvalue weighted by atomic mass is 79.9. The molecule has 3 heteroatoms. The molecule has 15 heavy (non-hydrogen) atoms. The van der Waals surface area contributed by atoms with Crippen LogP contribution in [0.2, 0.25) is 5.02 Å². The van der Waals surface area contributed by atoms with Crippen LogP contribution in [0.1, 0.15) is 29.6 Å². The van der Waals surface area contributed by atoms with E-state index in [0.717, 1.165) is 29.3 Å². The predicted molar refractivity (Wildman–Crippen MR) is 65.4 cm³/mol. The first-order valence-electron chi connectivity index (χ1n) is 4.87. The van der Waals surface area contributed by atoms with E-state index in [0.29, 0.717) is 10.6 Å². The molecule has 0 amide bonds. The Hall–Kier alpha value is -0.600. The van der Waals surface area contributed by atoms with Crippen LogP contribution in [0.25, 0.3) is 0 Å². The van der Waals surface area contributed by atoms with Crippen LogP contribution in [0.4, 0.5) is 0 Å². The number of hydrogen-bond acceptors (Lipinski definition) is 1. The maximum absolute atomic E-state index is 12.1.